The van der Waals surface area contributed by atoms with Gasteiger partial charge in [-0.05, 0) is 13.8 Å². The summed E-state index contributed by atoms with van der Waals surface area (Å²) in [4.78, 5) is 12.5. The van der Waals surface area contributed by atoms with Crippen LogP contribution in [0.2, 0.25) is 0 Å². The highest BCUT2D eigenvalue weighted by molar-refractivity contribution is 5.41. The van der Waals surface area contributed by atoms with E-state index in [0.717, 1.165) is 11.5 Å². The number of hydrogen-bond donors (Lipinski definition) is 2. The summed E-state index contributed by atoms with van der Waals surface area (Å²) in [5.74, 6) is 2.45. The van der Waals surface area contributed by atoms with E-state index < -0.39 is 0 Å². The second-order valence-electron chi connectivity index (χ2n) is 3.56. The Balaban J connectivity index is 2.05. The number of nitrogens with zero attached hydrogens (tertiary/aromatic N) is 4. The first-order valence-corrected chi connectivity index (χ1v) is 5.24. The summed E-state index contributed by atoms with van der Waals surface area (Å²) in [7, 11) is 1.78. The average Bonchev–Trinajstić information content (AvgIpc) is 2.72. The van der Waals surface area contributed by atoms with Crippen molar-refractivity contribution >= 4 is 11.8 Å². The first-order valence-electron chi connectivity index (χ1n) is 5.24. The SMILES string of the molecule is CNc1nc(C)cc(NCc2nc(C)no2)n1. The molecule has 7 heteroatoms. The lowest BCUT2D eigenvalue weighted by molar-refractivity contribution is 0.379. The van der Waals surface area contributed by atoms with Crippen LogP contribution in [-0.2, 0) is 6.54 Å². The zero-order valence-electron chi connectivity index (χ0n) is 9.98. The molecular weight excluding hydrogens is 220 g/mol. The van der Waals surface area contributed by atoms with Crippen molar-refractivity contribution in [3.63, 3.8) is 0 Å². The summed E-state index contributed by atoms with van der Waals surface area (Å²) in [6, 6.07) is 1.85. The Morgan fingerprint density at radius 2 is 2.06 bits per heavy atom. The predicted molar refractivity (Wildman–Crippen MR) is 62.7 cm³/mol. The number of aromatic nitrogens is 4. The summed E-state index contributed by atoms with van der Waals surface area (Å²) in [5.41, 5.74) is 0.883. The van der Waals surface area contributed by atoms with Gasteiger partial charge < -0.3 is 15.2 Å². The Morgan fingerprint density at radius 1 is 1.24 bits per heavy atom. The normalized spacial score (nSPS) is 10.3. The minimum Gasteiger partial charge on any atom is -0.361 e. The molecule has 0 bridgehead atoms. The van der Waals surface area contributed by atoms with Gasteiger partial charge in [0.2, 0.25) is 11.8 Å². The Morgan fingerprint density at radius 3 is 2.71 bits per heavy atom. The van der Waals surface area contributed by atoms with E-state index in [1.807, 2.05) is 13.0 Å². The van der Waals surface area contributed by atoms with E-state index in [9.17, 15) is 0 Å². The van der Waals surface area contributed by atoms with Crippen molar-refractivity contribution in [2.75, 3.05) is 17.7 Å². The zero-order valence-corrected chi connectivity index (χ0v) is 9.98. The van der Waals surface area contributed by atoms with Gasteiger partial charge in [0.15, 0.2) is 5.82 Å². The highest BCUT2D eigenvalue weighted by Crippen LogP contribution is 2.10. The van der Waals surface area contributed by atoms with Gasteiger partial charge in [-0.3, -0.25) is 0 Å². The largest absolute Gasteiger partial charge is 0.361 e. The third kappa shape index (κ3) is 2.90. The lowest BCUT2D eigenvalue weighted by Gasteiger charge is -2.05. The van der Waals surface area contributed by atoms with Gasteiger partial charge >= 0.3 is 0 Å². The van der Waals surface area contributed by atoms with E-state index in [-0.39, 0.29) is 0 Å². The molecule has 0 fully saturated rings. The molecule has 2 rings (SSSR count). The van der Waals surface area contributed by atoms with Crippen LogP contribution in [0.3, 0.4) is 0 Å². The molecule has 0 unspecified atom stereocenters. The Labute approximate surface area is 98.7 Å². The lowest BCUT2D eigenvalue weighted by Crippen LogP contribution is -2.05. The minimum absolute atomic E-state index is 0.445. The van der Waals surface area contributed by atoms with Crippen molar-refractivity contribution in [2.24, 2.45) is 0 Å². The van der Waals surface area contributed by atoms with Crippen molar-refractivity contribution in [1.82, 2.24) is 20.1 Å². The average molecular weight is 234 g/mol. The standard InChI is InChI=1S/C10H14N6O/c1-6-4-8(15-10(11-3)13-6)12-5-9-14-7(2)16-17-9/h4H,5H2,1-3H3,(H2,11,12,13,15). The Bertz CT molecular complexity index is 509. The summed E-state index contributed by atoms with van der Waals surface area (Å²) in [6.45, 7) is 4.13. The highest BCUT2D eigenvalue weighted by Gasteiger charge is 2.04. The number of aryl methyl sites for hydroxylation is 2. The van der Waals surface area contributed by atoms with Crippen molar-refractivity contribution < 1.29 is 4.52 Å². The van der Waals surface area contributed by atoms with Gasteiger partial charge in [-0.25, -0.2) is 4.98 Å². The van der Waals surface area contributed by atoms with Crippen LogP contribution >= 0.6 is 0 Å². The van der Waals surface area contributed by atoms with Crippen LogP contribution in [0.15, 0.2) is 10.6 Å². The maximum absolute atomic E-state index is 4.99. The van der Waals surface area contributed by atoms with Gasteiger partial charge in [0.25, 0.3) is 0 Å². The van der Waals surface area contributed by atoms with E-state index in [1.165, 1.54) is 0 Å². The maximum Gasteiger partial charge on any atom is 0.245 e. The fourth-order valence-corrected chi connectivity index (χ4v) is 1.35. The monoisotopic (exact) mass is 234 g/mol. The molecule has 0 aromatic carbocycles. The third-order valence-electron chi connectivity index (χ3n) is 2.07. The highest BCUT2D eigenvalue weighted by atomic mass is 16.5. The summed E-state index contributed by atoms with van der Waals surface area (Å²) < 4.78 is 4.99. The van der Waals surface area contributed by atoms with E-state index in [4.69, 9.17) is 4.52 Å². The fraction of sp³-hybridized carbons (Fsp3) is 0.400. The zero-order chi connectivity index (χ0) is 12.3. The first kappa shape index (κ1) is 11.3. The van der Waals surface area contributed by atoms with Crippen LogP contribution in [0.1, 0.15) is 17.4 Å². The summed E-state index contributed by atoms with van der Waals surface area (Å²) in [5, 5.41) is 9.71. The Hall–Kier alpha value is -2.18. The molecule has 0 saturated carbocycles. The molecular formula is C10H14N6O. The second kappa shape index (κ2) is 4.77. The molecule has 2 heterocycles. The van der Waals surface area contributed by atoms with Crippen molar-refractivity contribution in [3.8, 4) is 0 Å². The molecule has 0 aliphatic rings. The minimum atomic E-state index is 0.445. The molecule has 2 N–H and O–H groups in total. The van der Waals surface area contributed by atoms with Crippen LogP contribution in [-0.4, -0.2) is 27.2 Å². The Kier molecular flexibility index (Phi) is 3.17. The molecule has 7 nitrogen and oxygen atoms in total. The molecule has 0 aliphatic heterocycles. The summed E-state index contributed by atoms with van der Waals surface area (Å²) >= 11 is 0. The van der Waals surface area contributed by atoms with Crippen LogP contribution in [0.4, 0.5) is 11.8 Å². The van der Waals surface area contributed by atoms with Gasteiger partial charge in [-0.2, -0.15) is 9.97 Å². The molecule has 0 atom stereocenters. The summed E-state index contributed by atoms with van der Waals surface area (Å²) in [6.07, 6.45) is 0. The lowest BCUT2D eigenvalue weighted by atomic mass is 10.4. The van der Waals surface area contributed by atoms with Crippen molar-refractivity contribution in [1.29, 1.82) is 0 Å². The molecule has 2 aromatic heterocycles. The first-order chi connectivity index (χ1) is 8.17. The van der Waals surface area contributed by atoms with E-state index in [1.54, 1.807) is 14.0 Å². The molecule has 0 amide bonds. The maximum atomic E-state index is 4.99. The van der Waals surface area contributed by atoms with Gasteiger partial charge in [-0.1, -0.05) is 5.16 Å². The quantitative estimate of drug-likeness (QED) is 0.819. The van der Waals surface area contributed by atoms with Gasteiger partial charge in [0.05, 0.1) is 6.54 Å². The topological polar surface area (TPSA) is 88.8 Å². The fourth-order valence-electron chi connectivity index (χ4n) is 1.35. The van der Waals surface area contributed by atoms with E-state index in [2.05, 4.69) is 30.7 Å². The molecule has 0 saturated heterocycles. The second-order valence-corrected chi connectivity index (χ2v) is 3.56. The molecule has 0 spiro atoms. The number of nitrogens with one attached hydrogen (secondary N) is 2. The smallest absolute Gasteiger partial charge is 0.245 e. The predicted octanol–water partition coefficient (Wildman–Crippen LogP) is 1.13. The van der Waals surface area contributed by atoms with Crippen LogP contribution in [0.5, 0.6) is 0 Å². The van der Waals surface area contributed by atoms with Crippen LogP contribution in [0.25, 0.3) is 0 Å². The number of anilines is 2. The van der Waals surface area contributed by atoms with Crippen molar-refractivity contribution in [2.45, 2.75) is 20.4 Å². The number of hydrogen-bond acceptors (Lipinski definition) is 7. The van der Waals surface area contributed by atoms with Gasteiger partial charge in [0, 0.05) is 18.8 Å². The molecule has 0 aliphatic carbocycles. The van der Waals surface area contributed by atoms with Crippen LogP contribution in [0, 0.1) is 13.8 Å². The third-order valence-corrected chi connectivity index (χ3v) is 2.07. The van der Waals surface area contributed by atoms with Crippen LogP contribution < -0.4 is 10.6 Å². The number of rotatable bonds is 4. The van der Waals surface area contributed by atoms with Gasteiger partial charge in [-0.15, -0.1) is 0 Å². The van der Waals surface area contributed by atoms with E-state index >= 15 is 0 Å². The molecule has 0 radical (unpaired) electrons. The molecule has 17 heavy (non-hydrogen) atoms. The molecule has 2 aromatic rings. The van der Waals surface area contributed by atoms with E-state index in [0.29, 0.717) is 24.2 Å². The van der Waals surface area contributed by atoms with Crippen molar-refractivity contribution in [3.05, 3.63) is 23.5 Å². The molecule has 90 valence electrons. The van der Waals surface area contributed by atoms with Gasteiger partial charge in [0.1, 0.15) is 5.82 Å².